The van der Waals surface area contributed by atoms with Crippen LogP contribution >= 0.6 is 0 Å². The molecular formula is C8F16O. The molecule has 0 N–H and O–H groups in total. The van der Waals surface area contributed by atoms with E-state index in [1.54, 1.807) is 4.74 Å². The summed E-state index contributed by atoms with van der Waals surface area (Å²) in [5.41, 5.74) is 0. The van der Waals surface area contributed by atoms with Crippen LogP contribution in [0.4, 0.5) is 70.2 Å². The minimum atomic E-state index is -8.24. The third kappa shape index (κ3) is 2.16. The molecule has 0 amide bonds. The Morgan fingerprint density at radius 1 is 0.520 bits per heavy atom. The van der Waals surface area contributed by atoms with Crippen molar-refractivity contribution in [2.75, 3.05) is 0 Å². The van der Waals surface area contributed by atoms with Gasteiger partial charge in [-0.15, -0.1) is 0 Å². The molecule has 1 aliphatic heterocycles. The second-order valence-corrected chi connectivity index (χ2v) is 4.58. The monoisotopic (exact) mass is 416 g/mol. The average molecular weight is 416 g/mol. The van der Waals surface area contributed by atoms with E-state index >= 15 is 0 Å². The Kier molecular flexibility index (Phi) is 4.17. The fourth-order valence-corrected chi connectivity index (χ4v) is 1.53. The molecule has 0 aromatic carbocycles. The molecule has 0 unspecified atom stereocenters. The van der Waals surface area contributed by atoms with E-state index in [1.165, 1.54) is 0 Å². The van der Waals surface area contributed by atoms with Crippen molar-refractivity contribution in [1.29, 1.82) is 0 Å². The molecule has 1 aliphatic rings. The van der Waals surface area contributed by atoms with Crippen molar-refractivity contribution in [2.45, 2.75) is 47.8 Å². The summed E-state index contributed by atoms with van der Waals surface area (Å²) in [5, 5.41) is 0. The number of rotatable bonds is 3. The molecule has 0 aromatic heterocycles. The fraction of sp³-hybridized carbons (Fsp3) is 1.00. The number of hydrogen-bond acceptors (Lipinski definition) is 1. The van der Waals surface area contributed by atoms with Gasteiger partial charge >= 0.3 is 47.8 Å². The maximum atomic E-state index is 13.4. The first kappa shape index (κ1) is 21.9. The lowest BCUT2D eigenvalue weighted by Crippen LogP contribution is -2.72. The molecule has 17 heteroatoms. The molecule has 1 rings (SSSR count). The first-order chi connectivity index (χ1) is 10.5. The molecule has 1 saturated heterocycles. The zero-order valence-electron chi connectivity index (χ0n) is 10.5. The van der Waals surface area contributed by atoms with E-state index in [4.69, 9.17) is 0 Å². The zero-order chi connectivity index (χ0) is 20.7. The largest absolute Gasteiger partial charge is 0.460 e. The third-order valence-electron chi connectivity index (χ3n) is 2.98. The van der Waals surface area contributed by atoms with E-state index in [1.807, 2.05) is 0 Å². The summed E-state index contributed by atoms with van der Waals surface area (Å²) in [7, 11) is 0. The zero-order valence-corrected chi connectivity index (χ0v) is 10.5. The highest BCUT2D eigenvalue weighted by atomic mass is 19.4. The van der Waals surface area contributed by atoms with Crippen molar-refractivity contribution in [3.05, 3.63) is 0 Å². The standard InChI is InChI=1S/C8F16O/c9-1(10,4(15,16)7(20,21)22)2(11,12)6(19)3(13,14)5(17,18)8(23,24)25-6/t6-/m0/s1. The fourth-order valence-electron chi connectivity index (χ4n) is 1.53. The number of hydrogen-bond donors (Lipinski definition) is 0. The van der Waals surface area contributed by atoms with Crippen LogP contribution in [0.25, 0.3) is 0 Å². The van der Waals surface area contributed by atoms with Gasteiger partial charge in [0.05, 0.1) is 0 Å². The van der Waals surface area contributed by atoms with Crippen molar-refractivity contribution >= 4 is 0 Å². The summed E-state index contributed by atoms with van der Waals surface area (Å²) in [6, 6.07) is 0. The lowest BCUT2D eigenvalue weighted by molar-refractivity contribution is -0.459. The van der Waals surface area contributed by atoms with E-state index in [2.05, 4.69) is 0 Å². The topological polar surface area (TPSA) is 9.23 Å². The van der Waals surface area contributed by atoms with Crippen LogP contribution in [0.15, 0.2) is 0 Å². The van der Waals surface area contributed by atoms with Crippen molar-refractivity contribution in [2.24, 2.45) is 0 Å². The highest BCUT2D eigenvalue weighted by Gasteiger charge is 3.00. The van der Waals surface area contributed by atoms with Gasteiger partial charge in [-0.05, 0) is 0 Å². The summed E-state index contributed by atoms with van der Waals surface area (Å²) >= 11 is 0. The van der Waals surface area contributed by atoms with Gasteiger partial charge in [-0.3, -0.25) is 4.74 Å². The Balaban J connectivity index is 3.68. The summed E-state index contributed by atoms with van der Waals surface area (Å²) in [5.74, 6) is -47.0. The molecule has 0 saturated carbocycles. The first-order valence-corrected chi connectivity index (χ1v) is 5.18. The molecular weight excluding hydrogens is 416 g/mol. The smallest absolute Gasteiger partial charge is 0.267 e. The highest BCUT2D eigenvalue weighted by molar-refractivity contribution is 5.18. The van der Waals surface area contributed by atoms with Gasteiger partial charge in [0.15, 0.2) is 0 Å². The van der Waals surface area contributed by atoms with Crippen LogP contribution in [-0.4, -0.2) is 47.8 Å². The van der Waals surface area contributed by atoms with E-state index in [0.29, 0.717) is 0 Å². The molecule has 0 aliphatic carbocycles. The molecule has 1 atom stereocenters. The van der Waals surface area contributed by atoms with Crippen molar-refractivity contribution < 1.29 is 75.0 Å². The van der Waals surface area contributed by atoms with E-state index in [9.17, 15) is 70.2 Å². The maximum Gasteiger partial charge on any atom is 0.460 e. The van der Waals surface area contributed by atoms with Crippen LogP contribution in [-0.2, 0) is 4.74 Å². The summed E-state index contributed by atoms with van der Waals surface area (Å²) in [4.78, 5) is 0. The predicted octanol–water partition coefficient (Wildman–Crippen LogP) is 5.01. The Morgan fingerprint density at radius 3 is 1.12 bits per heavy atom. The quantitative estimate of drug-likeness (QED) is 0.588. The third-order valence-corrected chi connectivity index (χ3v) is 2.98. The lowest BCUT2D eigenvalue weighted by Gasteiger charge is -2.39. The SMILES string of the molecule is FC(F)(F)C(F)(F)C(F)(F)C(F)(F)[C@]1(F)OC(F)(F)C(F)(F)C1(F)F. The first-order valence-electron chi connectivity index (χ1n) is 5.18. The number of ether oxygens (including phenoxy) is 1. The van der Waals surface area contributed by atoms with Crippen molar-refractivity contribution in [3.8, 4) is 0 Å². The summed E-state index contributed by atoms with van der Waals surface area (Å²) in [6.07, 6.45) is -14.6. The summed E-state index contributed by atoms with van der Waals surface area (Å²) in [6.45, 7) is 0. The molecule has 0 radical (unpaired) electrons. The second kappa shape index (κ2) is 4.76. The Morgan fingerprint density at radius 2 is 0.880 bits per heavy atom. The number of halogens is 16. The summed E-state index contributed by atoms with van der Waals surface area (Å²) < 4.78 is 203. The number of alkyl halides is 16. The lowest BCUT2D eigenvalue weighted by atomic mass is 9.92. The van der Waals surface area contributed by atoms with Crippen LogP contribution < -0.4 is 0 Å². The predicted molar refractivity (Wildman–Crippen MR) is 40.7 cm³/mol. The van der Waals surface area contributed by atoms with Crippen LogP contribution in [0.1, 0.15) is 0 Å². The molecule has 0 aromatic rings. The van der Waals surface area contributed by atoms with Crippen LogP contribution in [0.2, 0.25) is 0 Å². The van der Waals surface area contributed by atoms with Crippen LogP contribution in [0.5, 0.6) is 0 Å². The molecule has 150 valence electrons. The Labute approximate surface area is 124 Å². The van der Waals surface area contributed by atoms with Crippen LogP contribution in [0, 0.1) is 0 Å². The van der Waals surface area contributed by atoms with E-state index in [0.717, 1.165) is 0 Å². The Hall–Kier alpha value is -1.16. The van der Waals surface area contributed by atoms with Crippen molar-refractivity contribution in [1.82, 2.24) is 0 Å². The molecule has 1 heterocycles. The molecule has 25 heavy (non-hydrogen) atoms. The maximum absolute atomic E-state index is 13.4. The Bertz CT molecular complexity index is 545. The average Bonchev–Trinajstić information content (AvgIpc) is 2.43. The van der Waals surface area contributed by atoms with E-state index in [-0.39, 0.29) is 0 Å². The normalized spacial score (nSPS) is 29.8. The van der Waals surface area contributed by atoms with E-state index < -0.39 is 47.8 Å². The minimum Gasteiger partial charge on any atom is -0.267 e. The van der Waals surface area contributed by atoms with Gasteiger partial charge in [-0.2, -0.15) is 70.2 Å². The molecule has 0 spiro atoms. The van der Waals surface area contributed by atoms with Gasteiger partial charge < -0.3 is 0 Å². The van der Waals surface area contributed by atoms with Gasteiger partial charge in [-0.1, -0.05) is 0 Å². The van der Waals surface area contributed by atoms with Gasteiger partial charge in [0.25, 0.3) is 0 Å². The second-order valence-electron chi connectivity index (χ2n) is 4.58. The molecule has 1 fully saturated rings. The van der Waals surface area contributed by atoms with Crippen molar-refractivity contribution in [3.63, 3.8) is 0 Å². The minimum absolute atomic E-state index is 1.60. The highest BCUT2D eigenvalue weighted by Crippen LogP contribution is 2.68. The van der Waals surface area contributed by atoms with Gasteiger partial charge in [0.1, 0.15) is 0 Å². The van der Waals surface area contributed by atoms with Gasteiger partial charge in [0.2, 0.25) is 0 Å². The molecule has 0 bridgehead atoms. The van der Waals surface area contributed by atoms with Gasteiger partial charge in [0, 0.05) is 0 Å². The van der Waals surface area contributed by atoms with Gasteiger partial charge in [-0.25, -0.2) is 0 Å². The van der Waals surface area contributed by atoms with Crippen LogP contribution in [0.3, 0.4) is 0 Å². The molecule has 1 nitrogen and oxygen atoms in total.